The number of carbonyl (C=O) groups excluding carboxylic acids is 2. The topological polar surface area (TPSA) is 108 Å². The maximum atomic E-state index is 12.9. The normalized spacial score (nSPS) is 13.5. The number of unbranched alkanes of at least 4 members (excludes halogenated alkanes) is 24. The van der Waals surface area contributed by atoms with Crippen LogP contribution in [0, 0.1) is 0 Å². The zero-order valence-corrected chi connectivity index (χ0v) is 48.9. The molecule has 75 heavy (non-hydrogen) atoms. The summed E-state index contributed by atoms with van der Waals surface area (Å²) in [5, 5.41) is 9.71. The number of carbonyl (C=O) groups is 3. The molecule has 0 aromatic rings. The summed E-state index contributed by atoms with van der Waals surface area (Å²) in [5.74, 6) is -2.02. The number of ether oxygens (including phenoxy) is 4. The van der Waals surface area contributed by atoms with Crippen LogP contribution in [0.2, 0.25) is 0 Å². The number of nitrogens with zero attached hydrogens (tertiary/aromatic N) is 1. The first-order valence-corrected chi connectivity index (χ1v) is 30.4. The number of rotatable bonds is 55. The number of hydrogen-bond acceptors (Lipinski definition) is 7. The maximum absolute atomic E-state index is 12.9. The number of quaternary nitrogens is 1. The number of aliphatic carboxylic acids is 1. The molecular formula is C66H114NO8+. The Morgan fingerprint density at radius 1 is 0.413 bits per heavy atom. The number of likely N-dealkylation sites (N-methyl/N-ethyl adjacent to an activating group) is 1. The van der Waals surface area contributed by atoms with Gasteiger partial charge in [-0.1, -0.05) is 233 Å². The highest BCUT2D eigenvalue weighted by Gasteiger charge is 2.25. The van der Waals surface area contributed by atoms with Crippen molar-refractivity contribution in [1.29, 1.82) is 0 Å². The zero-order valence-electron chi connectivity index (χ0n) is 48.9. The molecule has 9 heteroatoms. The Kier molecular flexibility index (Phi) is 53.6. The molecule has 9 nitrogen and oxygen atoms in total. The van der Waals surface area contributed by atoms with Crippen molar-refractivity contribution < 1.29 is 42.9 Å². The van der Waals surface area contributed by atoms with E-state index in [1.807, 2.05) is 21.1 Å². The van der Waals surface area contributed by atoms with Gasteiger partial charge in [-0.3, -0.25) is 9.59 Å². The summed E-state index contributed by atoms with van der Waals surface area (Å²) in [4.78, 5) is 37.4. The molecule has 0 saturated heterocycles. The maximum Gasteiger partial charge on any atom is 0.361 e. The minimum absolute atomic E-state index is 0.183. The Bertz CT molecular complexity index is 1550. The molecule has 0 fully saturated rings. The van der Waals surface area contributed by atoms with E-state index in [-0.39, 0.29) is 32.2 Å². The van der Waals surface area contributed by atoms with Gasteiger partial charge in [-0.25, -0.2) is 4.79 Å². The van der Waals surface area contributed by atoms with Crippen LogP contribution in [-0.2, 0) is 33.3 Å². The molecule has 2 atom stereocenters. The van der Waals surface area contributed by atoms with E-state index >= 15 is 0 Å². The molecule has 0 aliphatic rings. The summed E-state index contributed by atoms with van der Waals surface area (Å²) in [6, 6.07) is 0. The van der Waals surface area contributed by atoms with Crippen LogP contribution in [0.3, 0.4) is 0 Å². The van der Waals surface area contributed by atoms with E-state index in [9.17, 15) is 19.5 Å². The smallest absolute Gasteiger partial charge is 0.361 e. The first-order chi connectivity index (χ1) is 36.6. The van der Waals surface area contributed by atoms with E-state index in [0.717, 1.165) is 96.3 Å². The fourth-order valence-electron chi connectivity index (χ4n) is 8.16. The molecule has 0 rings (SSSR count). The fraction of sp³-hybridized carbons (Fsp3) is 0.712. The minimum Gasteiger partial charge on any atom is -0.477 e. The quantitative estimate of drug-likeness (QED) is 0.0211. The van der Waals surface area contributed by atoms with Gasteiger partial charge in [-0.15, -0.1) is 0 Å². The van der Waals surface area contributed by atoms with Gasteiger partial charge in [0.2, 0.25) is 0 Å². The lowest BCUT2D eigenvalue weighted by Crippen LogP contribution is -2.40. The molecule has 0 saturated carbocycles. The minimum atomic E-state index is -1.52. The van der Waals surface area contributed by atoms with Crippen LogP contribution < -0.4 is 0 Å². The van der Waals surface area contributed by atoms with Crippen molar-refractivity contribution in [3.8, 4) is 0 Å². The molecule has 430 valence electrons. The van der Waals surface area contributed by atoms with Gasteiger partial charge in [-0.2, -0.15) is 0 Å². The standard InChI is InChI=1S/C66H113NO8/c1-6-8-10-12-14-16-18-20-22-24-25-26-27-28-29-30-31-32-33-34-35-36-37-38-39-41-43-45-47-49-51-53-55-57-64(69)75-62(61-74-66(65(70)71)72-59-58-67(3,4)5)60-73-63(68)56-54-52-50-48-46-44-42-40-23-21-19-17-15-13-11-9-7-2/h8,10,14,16,20-23,25-26,28-29,31-32,34-35,62,66H,6-7,9,11-13,15,17-19,24,27,30,33,36-61H2,1-5H3/p+1/b10-8-,16-14-,22-20-,23-21-,26-25-,29-28-,32-31-,35-34-. The second-order valence-corrected chi connectivity index (χ2v) is 21.3. The predicted octanol–water partition coefficient (Wildman–Crippen LogP) is 18.1. The third kappa shape index (κ3) is 57.7. The highest BCUT2D eigenvalue weighted by molar-refractivity contribution is 5.71. The second-order valence-electron chi connectivity index (χ2n) is 21.3. The zero-order chi connectivity index (χ0) is 54.8. The Hall–Kier alpha value is -3.79. The Balaban J connectivity index is 4.20. The van der Waals surface area contributed by atoms with E-state index in [4.69, 9.17) is 18.9 Å². The van der Waals surface area contributed by atoms with Gasteiger partial charge in [-0.05, 0) is 96.3 Å². The average Bonchev–Trinajstić information content (AvgIpc) is 3.38. The lowest BCUT2D eigenvalue weighted by molar-refractivity contribution is -0.870. The lowest BCUT2D eigenvalue weighted by Gasteiger charge is -2.25. The third-order valence-electron chi connectivity index (χ3n) is 12.8. The van der Waals surface area contributed by atoms with Crippen molar-refractivity contribution in [3.05, 3.63) is 97.2 Å². The van der Waals surface area contributed by atoms with Gasteiger partial charge in [0.25, 0.3) is 6.29 Å². The van der Waals surface area contributed by atoms with E-state index in [1.54, 1.807) is 0 Å². The van der Waals surface area contributed by atoms with Crippen molar-refractivity contribution in [2.45, 2.75) is 257 Å². The molecule has 2 unspecified atom stereocenters. The monoisotopic (exact) mass is 1050 g/mol. The predicted molar refractivity (Wildman–Crippen MR) is 318 cm³/mol. The van der Waals surface area contributed by atoms with Crippen LogP contribution in [0.15, 0.2) is 97.2 Å². The second kappa shape index (κ2) is 56.4. The summed E-state index contributed by atoms with van der Waals surface area (Å²) in [7, 11) is 5.96. The van der Waals surface area contributed by atoms with Crippen molar-refractivity contribution in [2.75, 3.05) is 47.5 Å². The van der Waals surface area contributed by atoms with E-state index in [0.29, 0.717) is 23.9 Å². The van der Waals surface area contributed by atoms with Crippen LogP contribution >= 0.6 is 0 Å². The molecule has 1 N–H and O–H groups in total. The van der Waals surface area contributed by atoms with E-state index < -0.39 is 24.3 Å². The summed E-state index contributed by atoms with van der Waals surface area (Å²) in [6.45, 7) is 4.75. The molecule has 0 aromatic carbocycles. The van der Waals surface area contributed by atoms with Gasteiger partial charge < -0.3 is 28.5 Å². The lowest BCUT2D eigenvalue weighted by atomic mass is 10.0. The number of allylic oxidation sites excluding steroid dienone is 16. The number of hydrogen-bond donors (Lipinski definition) is 1. The molecule has 0 radical (unpaired) electrons. The van der Waals surface area contributed by atoms with Gasteiger partial charge in [0.15, 0.2) is 6.10 Å². The third-order valence-corrected chi connectivity index (χ3v) is 12.8. The summed E-state index contributed by atoms with van der Waals surface area (Å²) in [5.41, 5.74) is 0. The summed E-state index contributed by atoms with van der Waals surface area (Å²) in [6.07, 6.45) is 73.4. The van der Waals surface area contributed by atoms with Crippen molar-refractivity contribution >= 4 is 17.9 Å². The summed E-state index contributed by atoms with van der Waals surface area (Å²) >= 11 is 0. The molecule has 0 bridgehead atoms. The van der Waals surface area contributed by atoms with Crippen molar-refractivity contribution in [3.63, 3.8) is 0 Å². The van der Waals surface area contributed by atoms with E-state index in [2.05, 4.69) is 111 Å². The Labute approximate surface area is 461 Å². The highest BCUT2D eigenvalue weighted by atomic mass is 16.7. The summed E-state index contributed by atoms with van der Waals surface area (Å²) < 4.78 is 22.9. The molecule has 0 aliphatic heterocycles. The largest absolute Gasteiger partial charge is 0.477 e. The molecular weight excluding hydrogens is 935 g/mol. The molecule has 0 heterocycles. The number of carboxylic acid groups (broad SMARTS) is 1. The molecule has 0 aliphatic carbocycles. The average molecular weight is 1050 g/mol. The van der Waals surface area contributed by atoms with Crippen LogP contribution in [0.25, 0.3) is 0 Å². The first-order valence-electron chi connectivity index (χ1n) is 30.4. The van der Waals surface area contributed by atoms with Gasteiger partial charge in [0.1, 0.15) is 13.2 Å². The Morgan fingerprint density at radius 3 is 1.15 bits per heavy atom. The van der Waals surface area contributed by atoms with Gasteiger partial charge in [0.05, 0.1) is 34.4 Å². The Morgan fingerprint density at radius 2 is 0.760 bits per heavy atom. The number of carboxylic acids is 1. The number of esters is 2. The molecule has 0 amide bonds. The first kappa shape index (κ1) is 71.2. The highest BCUT2D eigenvalue weighted by Crippen LogP contribution is 2.15. The van der Waals surface area contributed by atoms with Crippen molar-refractivity contribution in [2.24, 2.45) is 0 Å². The van der Waals surface area contributed by atoms with Crippen molar-refractivity contribution in [1.82, 2.24) is 0 Å². The SMILES string of the molecule is CC/C=C\C/C=C\C/C=C\C/C=C\C/C=C\C/C=C\C/C=C\CCCCCCCCCCCCCC(=O)OC(COC(=O)CCCCCCCCC/C=C\CCCCCCCC)COC(OCC[N+](C)(C)C)C(=O)O. The van der Waals surface area contributed by atoms with Crippen LogP contribution in [0.1, 0.15) is 245 Å². The fourth-order valence-corrected chi connectivity index (χ4v) is 8.16. The van der Waals surface area contributed by atoms with Crippen LogP contribution in [0.5, 0.6) is 0 Å². The van der Waals surface area contributed by atoms with E-state index in [1.165, 1.54) is 116 Å². The van der Waals surface area contributed by atoms with Crippen LogP contribution in [-0.4, -0.2) is 87.4 Å². The van der Waals surface area contributed by atoms with Crippen LogP contribution in [0.4, 0.5) is 0 Å². The van der Waals surface area contributed by atoms with Gasteiger partial charge in [0, 0.05) is 12.8 Å². The molecule has 0 spiro atoms. The molecule has 0 aromatic heterocycles. The van der Waals surface area contributed by atoms with Gasteiger partial charge >= 0.3 is 17.9 Å².